The zero-order valence-corrected chi connectivity index (χ0v) is 14.6. The fourth-order valence-electron chi connectivity index (χ4n) is 3.51. The maximum absolute atomic E-state index is 13.8. The van der Waals surface area contributed by atoms with Gasteiger partial charge in [0.15, 0.2) is 0 Å². The Balaban J connectivity index is 1.35. The van der Waals surface area contributed by atoms with E-state index in [1.54, 1.807) is 18.2 Å². The minimum atomic E-state index is -0.302. The molecule has 26 heavy (non-hydrogen) atoms. The van der Waals surface area contributed by atoms with Gasteiger partial charge in [-0.25, -0.2) is 4.39 Å². The smallest absolute Gasteiger partial charge is 0.270 e. The van der Waals surface area contributed by atoms with Crippen molar-refractivity contribution in [1.29, 1.82) is 0 Å². The number of carbonyl (C=O) groups is 1. The zero-order valence-electron chi connectivity index (χ0n) is 14.6. The van der Waals surface area contributed by atoms with Crippen molar-refractivity contribution in [3.05, 3.63) is 71.7 Å². The van der Waals surface area contributed by atoms with E-state index in [1.807, 2.05) is 11.0 Å². The fraction of sp³-hybridized carbons (Fsp3) is 0.286. The predicted octanol–water partition coefficient (Wildman–Crippen LogP) is 3.31. The first kappa shape index (κ1) is 16.8. The Morgan fingerprint density at radius 2 is 1.77 bits per heavy atom. The number of hydrogen-bond acceptors (Lipinski definition) is 2. The van der Waals surface area contributed by atoms with Gasteiger partial charge in [0.1, 0.15) is 11.5 Å². The van der Waals surface area contributed by atoms with Gasteiger partial charge in [-0.05, 0) is 30.2 Å². The molecule has 1 amide bonds. The second-order valence-corrected chi connectivity index (χ2v) is 6.75. The number of aromatic amines is 1. The molecule has 0 unspecified atom stereocenters. The topological polar surface area (TPSA) is 39.3 Å². The van der Waals surface area contributed by atoms with Gasteiger partial charge in [-0.3, -0.25) is 9.69 Å². The van der Waals surface area contributed by atoms with Crippen LogP contribution in [0.1, 0.15) is 16.1 Å². The molecule has 0 bridgehead atoms. The lowest BCUT2D eigenvalue weighted by Gasteiger charge is -2.34. The number of nitrogens with zero attached hydrogens (tertiary/aromatic N) is 2. The van der Waals surface area contributed by atoms with E-state index < -0.39 is 0 Å². The van der Waals surface area contributed by atoms with Gasteiger partial charge in [0.25, 0.3) is 5.91 Å². The molecule has 2 heterocycles. The third-order valence-electron chi connectivity index (χ3n) is 5.06. The lowest BCUT2D eigenvalue weighted by Crippen LogP contribution is -2.49. The summed E-state index contributed by atoms with van der Waals surface area (Å²) in [6.45, 7) is 4.14. The maximum Gasteiger partial charge on any atom is 0.270 e. The number of hydrogen-bond donors (Lipinski definition) is 1. The zero-order chi connectivity index (χ0) is 17.9. The molecule has 2 aromatic carbocycles. The summed E-state index contributed by atoms with van der Waals surface area (Å²) in [6, 6.07) is 16.9. The van der Waals surface area contributed by atoms with Crippen LogP contribution >= 0.6 is 0 Å². The van der Waals surface area contributed by atoms with Crippen LogP contribution in [0.5, 0.6) is 0 Å². The first-order valence-corrected chi connectivity index (χ1v) is 9.03. The summed E-state index contributed by atoms with van der Waals surface area (Å²) < 4.78 is 13.8. The summed E-state index contributed by atoms with van der Waals surface area (Å²) in [5.41, 5.74) is 2.46. The van der Waals surface area contributed by atoms with Crippen molar-refractivity contribution < 1.29 is 9.18 Å². The van der Waals surface area contributed by atoms with Gasteiger partial charge in [0, 0.05) is 43.6 Å². The molecule has 0 aliphatic carbocycles. The third-order valence-corrected chi connectivity index (χ3v) is 5.06. The molecule has 1 fully saturated rings. The Bertz CT molecular complexity index is 898. The molecule has 1 N–H and O–H groups in total. The lowest BCUT2D eigenvalue weighted by atomic mass is 10.1. The van der Waals surface area contributed by atoms with E-state index in [0.29, 0.717) is 29.7 Å². The third kappa shape index (κ3) is 3.48. The Morgan fingerprint density at radius 3 is 2.50 bits per heavy atom. The van der Waals surface area contributed by atoms with Gasteiger partial charge in [-0.1, -0.05) is 36.4 Å². The van der Waals surface area contributed by atoms with Crippen LogP contribution in [-0.2, 0) is 6.42 Å². The summed E-state index contributed by atoms with van der Waals surface area (Å²) in [5.74, 6) is -0.355. The highest BCUT2D eigenvalue weighted by Gasteiger charge is 2.23. The van der Waals surface area contributed by atoms with E-state index in [9.17, 15) is 9.18 Å². The van der Waals surface area contributed by atoms with Crippen LogP contribution in [0.4, 0.5) is 4.39 Å². The van der Waals surface area contributed by atoms with E-state index in [4.69, 9.17) is 0 Å². The quantitative estimate of drug-likeness (QED) is 0.783. The second kappa shape index (κ2) is 7.30. The summed E-state index contributed by atoms with van der Waals surface area (Å²) in [4.78, 5) is 20.0. The van der Waals surface area contributed by atoms with E-state index in [1.165, 1.54) is 11.6 Å². The van der Waals surface area contributed by atoms with Gasteiger partial charge < -0.3 is 9.88 Å². The molecule has 1 aliphatic heterocycles. The standard InChI is InChI=1S/C21H22FN3O/c22-18-7-4-8-19-17(18)15-20(23-19)21(26)25-13-11-24(12-14-25)10-9-16-5-2-1-3-6-16/h1-8,15,23H,9-14H2. The second-order valence-electron chi connectivity index (χ2n) is 6.75. The van der Waals surface area contributed by atoms with Gasteiger partial charge >= 0.3 is 0 Å². The van der Waals surface area contributed by atoms with Crippen LogP contribution in [0, 0.1) is 5.82 Å². The Kier molecular flexibility index (Phi) is 4.71. The summed E-state index contributed by atoms with van der Waals surface area (Å²) >= 11 is 0. The summed E-state index contributed by atoms with van der Waals surface area (Å²) in [7, 11) is 0. The number of rotatable bonds is 4. The van der Waals surface area contributed by atoms with Crippen LogP contribution in [0.2, 0.25) is 0 Å². The molecule has 5 heteroatoms. The minimum absolute atomic E-state index is 0.0525. The van der Waals surface area contributed by atoms with E-state index in [0.717, 1.165) is 26.1 Å². The van der Waals surface area contributed by atoms with Gasteiger partial charge in [0.05, 0.1) is 0 Å². The highest BCUT2D eigenvalue weighted by molar-refractivity contribution is 5.98. The van der Waals surface area contributed by atoms with Crippen molar-refractivity contribution in [2.75, 3.05) is 32.7 Å². The maximum atomic E-state index is 13.8. The number of nitrogens with one attached hydrogen (secondary N) is 1. The van der Waals surface area contributed by atoms with E-state index in [2.05, 4.69) is 34.1 Å². The SMILES string of the molecule is O=C(c1cc2c(F)cccc2[nH]1)N1CCN(CCc2ccccc2)CC1. The van der Waals surface area contributed by atoms with Crippen molar-refractivity contribution >= 4 is 16.8 Å². The molecule has 4 rings (SSSR count). The van der Waals surface area contributed by atoms with Crippen LogP contribution in [0.3, 0.4) is 0 Å². The first-order chi connectivity index (χ1) is 12.7. The van der Waals surface area contributed by atoms with Crippen molar-refractivity contribution in [2.45, 2.75) is 6.42 Å². The molecular weight excluding hydrogens is 329 g/mol. The van der Waals surface area contributed by atoms with Gasteiger partial charge in [-0.15, -0.1) is 0 Å². The molecular formula is C21H22FN3O. The molecule has 1 saturated heterocycles. The van der Waals surface area contributed by atoms with Crippen LogP contribution in [0.15, 0.2) is 54.6 Å². The summed E-state index contributed by atoms with van der Waals surface area (Å²) in [6.07, 6.45) is 1.02. The lowest BCUT2D eigenvalue weighted by molar-refractivity contribution is 0.0633. The Morgan fingerprint density at radius 1 is 1.00 bits per heavy atom. The normalized spacial score (nSPS) is 15.5. The number of benzene rings is 2. The van der Waals surface area contributed by atoms with Crippen LogP contribution < -0.4 is 0 Å². The predicted molar refractivity (Wildman–Crippen MR) is 101 cm³/mol. The van der Waals surface area contributed by atoms with Crippen LogP contribution in [0.25, 0.3) is 10.9 Å². The molecule has 0 saturated carbocycles. The number of amides is 1. The highest BCUT2D eigenvalue weighted by atomic mass is 19.1. The van der Waals surface area contributed by atoms with Crippen molar-refractivity contribution in [2.24, 2.45) is 0 Å². The average Bonchev–Trinajstić information content (AvgIpc) is 3.13. The molecule has 1 aromatic heterocycles. The molecule has 4 nitrogen and oxygen atoms in total. The monoisotopic (exact) mass is 351 g/mol. The number of fused-ring (bicyclic) bond motifs is 1. The summed E-state index contributed by atoms with van der Waals surface area (Å²) in [5, 5.41) is 0.470. The number of aromatic nitrogens is 1. The molecule has 134 valence electrons. The molecule has 1 aliphatic rings. The van der Waals surface area contributed by atoms with Crippen molar-refractivity contribution in [3.63, 3.8) is 0 Å². The highest BCUT2D eigenvalue weighted by Crippen LogP contribution is 2.20. The largest absolute Gasteiger partial charge is 0.350 e. The van der Waals surface area contributed by atoms with Gasteiger partial charge in [0.2, 0.25) is 0 Å². The molecule has 3 aromatic rings. The molecule has 0 spiro atoms. The number of halogens is 1. The molecule has 0 radical (unpaired) electrons. The Labute approximate surface area is 152 Å². The molecule has 0 atom stereocenters. The average molecular weight is 351 g/mol. The van der Waals surface area contributed by atoms with Crippen molar-refractivity contribution in [3.8, 4) is 0 Å². The van der Waals surface area contributed by atoms with Gasteiger partial charge in [-0.2, -0.15) is 0 Å². The number of H-pyrrole nitrogens is 1. The first-order valence-electron chi connectivity index (χ1n) is 9.03. The number of piperazine rings is 1. The number of carbonyl (C=O) groups excluding carboxylic acids is 1. The fourth-order valence-corrected chi connectivity index (χ4v) is 3.51. The minimum Gasteiger partial charge on any atom is -0.350 e. The Hall–Kier alpha value is -2.66. The van der Waals surface area contributed by atoms with Crippen molar-refractivity contribution in [1.82, 2.24) is 14.8 Å². The van der Waals surface area contributed by atoms with Crippen LogP contribution in [-0.4, -0.2) is 53.4 Å². The van der Waals surface area contributed by atoms with E-state index >= 15 is 0 Å². The van der Waals surface area contributed by atoms with E-state index in [-0.39, 0.29) is 11.7 Å².